The number of aromatic carboxylic acids is 2. The van der Waals surface area contributed by atoms with Crippen LogP contribution in [0.5, 0.6) is 11.5 Å². The standard InChI is InChI=1S/C32H27NO7/c1-16-7-24(34)3-5-26(16)29-15-28(29)20-9-18(10-21(12-20)31(37)38)19-11-22(32(39)40)14-23(13-19)33-30(36)27-6-4-25(35)8-17(27)2/h3-14,28-29,34-35H,15H2,1-2H3,(H,33,36)(H,37,38)(H,39,40)/t28-,29-/m1/s1. The summed E-state index contributed by atoms with van der Waals surface area (Å²) in [7, 11) is 0. The van der Waals surface area contributed by atoms with E-state index in [1.54, 1.807) is 31.2 Å². The van der Waals surface area contributed by atoms with Gasteiger partial charge in [0.05, 0.1) is 11.1 Å². The van der Waals surface area contributed by atoms with Crippen molar-refractivity contribution < 1.29 is 34.8 Å². The molecule has 1 aliphatic rings. The molecule has 2 atom stereocenters. The predicted molar refractivity (Wildman–Crippen MR) is 150 cm³/mol. The van der Waals surface area contributed by atoms with Gasteiger partial charge < -0.3 is 25.7 Å². The summed E-state index contributed by atoms with van der Waals surface area (Å²) in [6, 6.07) is 19.0. The van der Waals surface area contributed by atoms with Crippen molar-refractivity contribution in [2.75, 3.05) is 5.32 Å². The summed E-state index contributed by atoms with van der Waals surface area (Å²) in [4.78, 5) is 36.9. The van der Waals surface area contributed by atoms with Crippen LogP contribution in [0.15, 0.2) is 72.8 Å². The second-order valence-corrected chi connectivity index (χ2v) is 10.2. The van der Waals surface area contributed by atoms with Crippen molar-refractivity contribution in [3.8, 4) is 22.6 Å². The lowest BCUT2D eigenvalue weighted by molar-refractivity contribution is 0.0686. The number of aromatic hydroxyl groups is 2. The van der Waals surface area contributed by atoms with Gasteiger partial charge in [-0.3, -0.25) is 4.79 Å². The molecule has 4 aromatic carbocycles. The zero-order valence-corrected chi connectivity index (χ0v) is 21.8. The number of hydrogen-bond acceptors (Lipinski definition) is 5. The molecule has 1 saturated carbocycles. The molecule has 0 heterocycles. The van der Waals surface area contributed by atoms with Crippen molar-refractivity contribution in [3.05, 3.63) is 112 Å². The monoisotopic (exact) mass is 537 g/mol. The van der Waals surface area contributed by atoms with Gasteiger partial charge in [-0.1, -0.05) is 12.1 Å². The molecule has 0 unspecified atom stereocenters. The summed E-state index contributed by atoms with van der Waals surface area (Å²) in [6.45, 7) is 3.61. The Morgan fingerprint density at radius 3 is 1.93 bits per heavy atom. The van der Waals surface area contributed by atoms with E-state index in [1.807, 2.05) is 19.1 Å². The van der Waals surface area contributed by atoms with Crippen molar-refractivity contribution in [2.24, 2.45) is 0 Å². The summed E-state index contributed by atoms with van der Waals surface area (Å²) in [6.07, 6.45) is 0.816. The van der Waals surface area contributed by atoms with Crippen LogP contribution >= 0.6 is 0 Å². The summed E-state index contributed by atoms with van der Waals surface area (Å²) >= 11 is 0. The Kier molecular flexibility index (Phi) is 6.77. The van der Waals surface area contributed by atoms with Crippen molar-refractivity contribution in [3.63, 3.8) is 0 Å². The largest absolute Gasteiger partial charge is 0.508 e. The Bertz CT molecular complexity index is 1690. The minimum Gasteiger partial charge on any atom is -0.508 e. The molecule has 0 radical (unpaired) electrons. The Balaban J connectivity index is 1.52. The van der Waals surface area contributed by atoms with Crippen LogP contribution in [0.2, 0.25) is 0 Å². The predicted octanol–water partition coefficient (Wildman–Crippen LogP) is 6.30. The van der Waals surface area contributed by atoms with Gasteiger partial charge in [0.2, 0.25) is 0 Å². The number of rotatable bonds is 7. The Morgan fingerprint density at radius 2 is 1.30 bits per heavy atom. The summed E-state index contributed by atoms with van der Waals surface area (Å²) in [5.41, 5.74) is 4.94. The number of phenolic OH excluding ortho intramolecular Hbond substituents is 2. The summed E-state index contributed by atoms with van der Waals surface area (Å²) in [5, 5.41) is 41.7. The molecule has 0 aromatic heterocycles. The van der Waals surface area contributed by atoms with Crippen molar-refractivity contribution >= 4 is 23.5 Å². The number of aryl methyl sites for hydroxylation is 2. The van der Waals surface area contributed by atoms with Gasteiger partial charge in [0.25, 0.3) is 5.91 Å². The number of amides is 1. The highest BCUT2D eigenvalue weighted by molar-refractivity contribution is 6.06. The third-order valence-corrected chi connectivity index (χ3v) is 7.30. The quantitative estimate of drug-likeness (QED) is 0.186. The molecule has 4 aromatic rings. The zero-order chi connectivity index (χ0) is 28.7. The minimum absolute atomic E-state index is 0.0248. The molecule has 0 spiro atoms. The highest BCUT2D eigenvalue weighted by Crippen LogP contribution is 2.56. The van der Waals surface area contributed by atoms with Crippen LogP contribution in [0, 0.1) is 13.8 Å². The van der Waals surface area contributed by atoms with E-state index in [2.05, 4.69) is 5.32 Å². The molecule has 5 N–H and O–H groups in total. The van der Waals surface area contributed by atoms with E-state index in [1.165, 1.54) is 36.4 Å². The molecule has 8 nitrogen and oxygen atoms in total. The highest BCUT2D eigenvalue weighted by Gasteiger charge is 2.40. The van der Waals surface area contributed by atoms with Crippen molar-refractivity contribution in [1.29, 1.82) is 0 Å². The number of carboxylic acid groups (broad SMARTS) is 2. The Hall–Kier alpha value is -5.11. The van der Waals surface area contributed by atoms with Gasteiger partial charge in [0.1, 0.15) is 11.5 Å². The van der Waals surface area contributed by atoms with Crippen molar-refractivity contribution in [1.82, 2.24) is 0 Å². The number of anilines is 1. The summed E-state index contributed by atoms with van der Waals surface area (Å²) in [5.74, 6) is -2.32. The van der Waals surface area contributed by atoms with E-state index in [0.717, 1.165) is 23.1 Å². The molecular formula is C32H27NO7. The molecule has 202 valence electrons. The molecular weight excluding hydrogens is 510 g/mol. The topological polar surface area (TPSA) is 144 Å². The first-order valence-corrected chi connectivity index (χ1v) is 12.7. The number of carbonyl (C=O) groups excluding carboxylic acids is 1. The fraction of sp³-hybridized carbons (Fsp3) is 0.156. The molecule has 1 fully saturated rings. The average molecular weight is 538 g/mol. The normalized spacial score (nSPS) is 15.8. The van der Waals surface area contributed by atoms with Gasteiger partial charge in [-0.05, 0) is 126 Å². The van der Waals surface area contributed by atoms with Gasteiger partial charge in [0.15, 0.2) is 0 Å². The third kappa shape index (κ3) is 5.37. The molecule has 1 amide bonds. The molecule has 40 heavy (non-hydrogen) atoms. The zero-order valence-electron chi connectivity index (χ0n) is 21.8. The minimum atomic E-state index is -1.20. The molecule has 1 aliphatic carbocycles. The van der Waals surface area contributed by atoms with Gasteiger partial charge >= 0.3 is 11.9 Å². The van der Waals surface area contributed by atoms with Crippen LogP contribution in [-0.2, 0) is 0 Å². The van der Waals surface area contributed by atoms with Crippen LogP contribution in [0.25, 0.3) is 11.1 Å². The van der Waals surface area contributed by atoms with E-state index in [4.69, 9.17) is 0 Å². The van der Waals surface area contributed by atoms with Gasteiger partial charge in [0, 0.05) is 11.3 Å². The van der Waals surface area contributed by atoms with Crippen LogP contribution in [0.4, 0.5) is 5.69 Å². The van der Waals surface area contributed by atoms with Crippen LogP contribution < -0.4 is 5.32 Å². The lowest BCUT2D eigenvalue weighted by atomic mass is 9.94. The SMILES string of the molecule is Cc1cc(O)ccc1C(=O)Nc1cc(C(=O)O)cc(-c2cc(C(=O)O)cc([C@H]3C[C@@H]3c3ccc(O)cc3C)c2)c1. The maximum absolute atomic E-state index is 13.0. The van der Waals surface area contributed by atoms with Crippen molar-refractivity contribution in [2.45, 2.75) is 32.1 Å². The van der Waals surface area contributed by atoms with Crippen LogP contribution in [-0.4, -0.2) is 38.3 Å². The maximum Gasteiger partial charge on any atom is 0.335 e. The second-order valence-electron chi connectivity index (χ2n) is 10.2. The maximum atomic E-state index is 13.0. The fourth-order valence-corrected chi connectivity index (χ4v) is 5.23. The van der Waals surface area contributed by atoms with Gasteiger partial charge in [-0.2, -0.15) is 0 Å². The van der Waals surface area contributed by atoms with Gasteiger partial charge in [-0.25, -0.2) is 9.59 Å². The molecule has 0 aliphatic heterocycles. The van der Waals surface area contributed by atoms with Crippen LogP contribution in [0.1, 0.15) is 71.6 Å². The third-order valence-electron chi connectivity index (χ3n) is 7.30. The Labute approximate surface area is 230 Å². The number of carbonyl (C=O) groups is 3. The lowest BCUT2D eigenvalue weighted by Gasteiger charge is -2.13. The molecule has 0 bridgehead atoms. The first-order valence-electron chi connectivity index (χ1n) is 12.7. The highest BCUT2D eigenvalue weighted by atomic mass is 16.4. The summed E-state index contributed by atoms with van der Waals surface area (Å²) < 4.78 is 0. The van der Waals surface area contributed by atoms with E-state index < -0.39 is 17.8 Å². The molecule has 0 saturated heterocycles. The number of benzene rings is 4. The van der Waals surface area contributed by atoms with E-state index in [-0.39, 0.29) is 40.1 Å². The van der Waals surface area contributed by atoms with E-state index in [0.29, 0.717) is 22.3 Å². The number of phenols is 2. The number of hydrogen-bond donors (Lipinski definition) is 5. The van der Waals surface area contributed by atoms with Crippen LogP contribution in [0.3, 0.4) is 0 Å². The average Bonchev–Trinajstić information content (AvgIpc) is 3.68. The number of carboxylic acids is 2. The van der Waals surface area contributed by atoms with E-state index >= 15 is 0 Å². The molecule has 8 heteroatoms. The lowest BCUT2D eigenvalue weighted by Crippen LogP contribution is -2.14. The first kappa shape index (κ1) is 26.5. The Morgan fingerprint density at radius 1 is 0.700 bits per heavy atom. The first-order chi connectivity index (χ1) is 19.0. The van der Waals surface area contributed by atoms with Gasteiger partial charge in [-0.15, -0.1) is 0 Å². The van der Waals surface area contributed by atoms with E-state index in [9.17, 15) is 34.8 Å². The smallest absolute Gasteiger partial charge is 0.335 e. The fourth-order valence-electron chi connectivity index (χ4n) is 5.23. The number of nitrogens with one attached hydrogen (secondary N) is 1. The molecule has 5 rings (SSSR count). The second kappa shape index (κ2) is 10.2.